The fraction of sp³-hybridized carbons (Fsp3) is 0.0606. The van der Waals surface area contributed by atoms with Gasteiger partial charge in [0.05, 0.1) is 17.9 Å². The highest BCUT2D eigenvalue weighted by Gasteiger charge is 2.29. The number of nitrogens with one attached hydrogen (secondary N) is 1. The summed E-state index contributed by atoms with van der Waals surface area (Å²) in [6, 6.07) is 37.4. The lowest BCUT2D eigenvalue weighted by atomic mass is 10.0. The number of hydrazone groups is 1. The first-order valence-electron chi connectivity index (χ1n) is 12.5. The highest BCUT2D eigenvalue weighted by molar-refractivity contribution is 6.24. The zero-order chi connectivity index (χ0) is 26.1. The normalized spacial score (nSPS) is 12.7. The number of carbonyl (C=O) groups excluding carboxylic acids is 2. The van der Waals surface area contributed by atoms with Crippen molar-refractivity contribution in [1.29, 1.82) is 0 Å². The molecule has 6 rings (SSSR count). The number of anilines is 1. The van der Waals surface area contributed by atoms with Gasteiger partial charge in [-0.15, -0.1) is 0 Å². The smallest absolute Gasteiger partial charge is 0.271 e. The van der Waals surface area contributed by atoms with Gasteiger partial charge < -0.3 is 4.90 Å². The third-order valence-corrected chi connectivity index (χ3v) is 6.94. The maximum absolute atomic E-state index is 13.1. The molecule has 184 valence electrons. The van der Waals surface area contributed by atoms with Crippen LogP contribution >= 0.6 is 0 Å². The Kier molecular flexibility index (Phi) is 6.02. The Labute approximate surface area is 221 Å². The molecule has 0 atom stereocenters. The molecule has 1 aliphatic heterocycles. The summed E-state index contributed by atoms with van der Waals surface area (Å²) < 4.78 is 0. The molecule has 5 nitrogen and oxygen atoms in total. The molecule has 0 bridgehead atoms. The summed E-state index contributed by atoms with van der Waals surface area (Å²) in [5.74, 6) is -0.286. The zero-order valence-corrected chi connectivity index (χ0v) is 20.9. The van der Waals surface area contributed by atoms with Gasteiger partial charge in [-0.3, -0.25) is 9.59 Å². The highest BCUT2D eigenvalue weighted by Crippen LogP contribution is 2.38. The van der Waals surface area contributed by atoms with Crippen LogP contribution in [0, 0.1) is 0 Å². The largest absolute Gasteiger partial charge is 0.303 e. The second kappa shape index (κ2) is 9.79. The van der Waals surface area contributed by atoms with Gasteiger partial charge in [-0.05, 0) is 58.8 Å². The monoisotopic (exact) mass is 495 g/mol. The van der Waals surface area contributed by atoms with E-state index in [9.17, 15) is 9.59 Å². The van der Waals surface area contributed by atoms with Crippen LogP contribution in [0.25, 0.3) is 21.9 Å². The molecule has 5 aromatic carbocycles. The topological polar surface area (TPSA) is 61.8 Å². The molecule has 0 saturated heterocycles. The van der Waals surface area contributed by atoms with Crippen LogP contribution in [0.3, 0.4) is 0 Å². The van der Waals surface area contributed by atoms with Crippen molar-refractivity contribution in [1.82, 2.24) is 5.43 Å². The van der Waals surface area contributed by atoms with E-state index >= 15 is 0 Å². The van der Waals surface area contributed by atoms with Crippen LogP contribution in [0.2, 0.25) is 0 Å². The van der Waals surface area contributed by atoms with Crippen molar-refractivity contribution in [3.63, 3.8) is 0 Å². The molecule has 0 fully saturated rings. The molecule has 0 spiro atoms. The first-order valence-corrected chi connectivity index (χ1v) is 12.5. The maximum Gasteiger partial charge on any atom is 0.271 e. The van der Waals surface area contributed by atoms with Crippen LogP contribution in [-0.4, -0.2) is 17.5 Å². The first kappa shape index (κ1) is 23.4. The van der Waals surface area contributed by atoms with Gasteiger partial charge in [-0.1, -0.05) is 91.0 Å². The Morgan fingerprint density at radius 1 is 0.737 bits per heavy atom. The van der Waals surface area contributed by atoms with Gasteiger partial charge in [0.2, 0.25) is 0 Å². The van der Waals surface area contributed by atoms with E-state index in [1.54, 1.807) is 17.0 Å². The summed E-state index contributed by atoms with van der Waals surface area (Å²) in [5, 5.41) is 6.36. The molecule has 5 aromatic rings. The van der Waals surface area contributed by atoms with E-state index in [1.165, 1.54) is 0 Å². The maximum atomic E-state index is 13.1. The first-order chi connectivity index (χ1) is 18.6. The van der Waals surface area contributed by atoms with Gasteiger partial charge in [0.1, 0.15) is 0 Å². The third-order valence-electron chi connectivity index (χ3n) is 6.94. The predicted octanol–water partition coefficient (Wildman–Crippen LogP) is 6.82. The molecule has 1 heterocycles. The number of hydrogen-bond donors (Lipinski definition) is 1. The van der Waals surface area contributed by atoms with E-state index < -0.39 is 0 Å². The number of rotatable bonds is 6. The van der Waals surface area contributed by atoms with Crippen molar-refractivity contribution >= 4 is 34.0 Å². The molecule has 0 unspecified atom stereocenters. The van der Waals surface area contributed by atoms with E-state index in [1.807, 2.05) is 97.9 Å². The molecular formula is C33H25N3O2. The van der Waals surface area contributed by atoms with Crippen molar-refractivity contribution in [2.75, 3.05) is 4.90 Å². The minimum atomic E-state index is -0.286. The average Bonchev–Trinajstić information content (AvgIpc) is 3.24. The summed E-state index contributed by atoms with van der Waals surface area (Å²) in [4.78, 5) is 27.6. The van der Waals surface area contributed by atoms with Crippen molar-refractivity contribution in [3.05, 3.63) is 138 Å². The zero-order valence-electron chi connectivity index (χ0n) is 20.9. The third kappa shape index (κ3) is 4.35. The van der Waals surface area contributed by atoms with Gasteiger partial charge >= 0.3 is 0 Å². The van der Waals surface area contributed by atoms with Crippen molar-refractivity contribution < 1.29 is 9.59 Å². The van der Waals surface area contributed by atoms with Crippen LogP contribution in [0.5, 0.6) is 0 Å². The fourth-order valence-corrected chi connectivity index (χ4v) is 4.88. The summed E-state index contributed by atoms with van der Waals surface area (Å²) in [6.45, 7) is 2.30. The van der Waals surface area contributed by atoms with E-state index in [0.29, 0.717) is 12.1 Å². The lowest BCUT2D eigenvalue weighted by Gasteiger charge is -2.18. The van der Waals surface area contributed by atoms with Crippen LogP contribution in [0.4, 0.5) is 5.69 Å². The standard InChI is InChI=1S/C33H25N3O2/c1-22(24-17-19-26(20-18-24)25-7-3-2-4-8-25)34-35-32(37)28-15-13-23(14-16-28)21-36-30-12-6-10-27-9-5-11-29(31(27)30)33(36)38/h2-20H,21H2,1H3,(H,35,37). The number of benzene rings is 5. The van der Waals surface area contributed by atoms with Crippen LogP contribution in [0.15, 0.2) is 120 Å². The molecular weight excluding hydrogens is 470 g/mol. The summed E-state index contributed by atoms with van der Waals surface area (Å²) in [7, 11) is 0. The predicted molar refractivity (Wildman–Crippen MR) is 152 cm³/mol. The minimum Gasteiger partial charge on any atom is -0.303 e. The van der Waals surface area contributed by atoms with Crippen LogP contribution < -0.4 is 10.3 Å². The van der Waals surface area contributed by atoms with Gasteiger partial charge in [0.15, 0.2) is 0 Å². The number of amides is 2. The van der Waals surface area contributed by atoms with E-state index in [0.717, 1.165) is 50.0 Å². The molecule has 0 radical (unpaired) electrons. The molecule has 0 saturated carbocycles. The number of carbonyl (C=O) groups is 2. The van der Waals surface area contributed by atoms with E-state index in [-0.39, 0.29) is 11.8 Å². The molecule has 0 aliphatic carbocycles. The average molecular weight is 496 g/mol. The van der Waals surface area contributed by atoms with Crippen LogP contribution in [0.1, 0.15) is 38.8 Å². The Bertz CT molecular complexity index is 1680. The number of nitrogens with zero attached hydrogens (tertiary/aromatic N) is 2. The van der Waals surface area contributed by atoms with E-state index in [2.05, 4.69) is 22.7 Å². The lowest BCUT2D eigenvalue weighted by Crippen LogP contribution is -2.26. The van der Waals surface area contributed by atoms with E-state index in [4.69, 9.17) is 0 Å². The Hall–Kier alpha value is -5.03. The molecule has 1 N–H and O–H groups in total. The van der Waals surface area contributed by atoms with Gasteiger partial charge in [-0.2, -0.15) is 5.10 Å². The van der Waals surface area contributed by atoms with Crippen molar-refractivity contribution in [2.45, 2.75) is 13.5 Å². The summed E-state index contributed by atoms with van der Waals surface area (Å²) in [6.07, 6.45) is 0. The quantitative estimate of drug-likeness (QED) is 0.208. The molecule has 2 amide bonds. The lowest BCUT2D eigenvalue weighted by molar-refractivity contribution is 0.0953. The molecule has 0 aromatic heterocycles. The van der Waals surface area contributed by atoms with Gasteiger partial charge in [0.25, 0.3) is 11.8 Å². The van der Waals surface area contributed by atoms with Crippen LogP contribution in [-0.2, 0) is 6.54 Å². The minimum absolute atomic E-state index is 0.000216. The number of hydrogen-bond acceptors (Lipinski definition) is 3. The molecule has 38 heavy (non-hydrogen) atoms. The molecule has 5 heteroatoms. The summed E-state index contributed by atoms with van der Waals surface area (Å²) >= 11 is 0. The highest BCUT2D eigenvalue weighted by atomic mass is 16.2. The fourth-order valence-electron chi connectivity index (χ4n) is 4.88. The Morgan fingerprint density at radius 2 is 1.39 bits per heavy atom. The SMILES string of the molecule is CC(=NNC(=O)c1ccc(CN2C(=O)c3cccc4cccc2c34)cc1)c1ccc(-c2ccccc2)cc1. The van der Waals surface area contributed by atoms with Crippen molar-refractivity contribution in [2.24, 2.45) is 5.10 Å². The van der Waals surface area contributed by atoms with Gasteiger partial charge in [-0.25, -0.2) is 5.43 Å². The van der Waals surface area contributed by atoms with Crippen molar-refractivity contribution in [3.8, 4) is 11.1 Å². The second-order valence-corrected chi connectivity index (χ2v) is 9.35. The summed E-state index contributed by atoms with van der Waals surface area (Å²) in [5.41, 5.74) is 9.69. The Morgan fingerprint density at radius 3 is 2.13 bits per heavy atom. The Balaban J connectivity index is 1.12. The molecule has 1 aliphatic rings. The van der Waals surface area contributed by atoms with Gasteiger partial charge in [0, 0.05) is 16.5 Å². The second-order valence-electron chi connectivity index (χ2n) is 9.35.